The Morgan fingerprint density at radius 2 is 1.41 bits per heavy atom. The van der Waals surface area contributed by atoms with Crippen LogP contribution >= 0.6 is 0 Å². The molecule has 0 spiro atoms. The smallest absolute Gasteiger partial charge is 0.0682 e. The first kappa shape index (κ1) is 16.9. The highest BCUT2D eigenvalue weighted by Gasteiger charge is 2.07. The fourth-order valence-corrected chi connectivity index (χ4v) is 2.67. The van der Waals surface area contributed by atoms with Gasteiger partial charge in [-0.3, -0.25) is 0 Å². The predicted molar refractivity (Wildman–Crippen MR) is 83.4 cm³/mol. The Hall–Kier alpha value is -0.0831. The van der Waals surface area contributed by atoms with Gasteiger partial charge in [-0.1, -0.05) is 58.1 Å². The topological polar surface area (TPSA) is 3.24 Å². The molecule has 0 unspecified atom stereocenters. The molecule has 2 heteroatoms. The van der Waals surface area contributed by atoms with E-state index in [4.69, 9.17) is 0 Å². The Kier molecular flexibility index (Phi) is 9.85. The van der Waals surface area contributed by atoms with Gasteiger partial charge in [0.1, 0.15) is 0 Å². The minimum absolute atomic E-state index is 0.979. The second-order valence-electron chi connectivity index (χ2n) is 6.11. The summed E-state index contributed by atoms with van der Waals surface area (Å²) in [6, 6.07) is 0. The van der Waals surface area contributed by atoms with Crippen molar-refractivity contribution in [1.29, 1.82) is 0 Å². The van der Waals surface area contributed by atoms with Gasteiger partial charge in [0.25, 0.3) is 0 Å². The van der Waals surface area contributed by atoms with Crippen molar-refractivity contribution in [2.24, 2.45) is 0 Å². The van der Waals surface area contributed by atoms with Gasteiger partial charge >= 0.3 is 0 Å². The van der Waals surface area contributed by atoms with Crippen LogP contribution in [0.5, 0.6) is 0 Å². The summed E-state index contributed by atoms with van der Waals surface area (Å²) in [7, 11) is -0.979. The lowest BCUT2D eigenvalue weighted by Gasteiger charge is -2.21. The second-order valence-corrected chi connectivity index (χ2v) is 11.2. The minimum Gasteiger partial charge on any atom is -0.303 e. The third-order valence-electron chi connectivity index (χ3n) is 2.89. The number of hydrogen-bond acceptors (Lipinski definition) is 1. The average Bonchev–Trinajstić information content (AvgIpc) is 2.25. The maximum absolute atomic E-state index is 2.64. The van der Waals surface area contributed by atoms with E-state index in [1.807, 2.05) is 0 Å². The summed E-state index contributed by atoms with van der Waals surface area (Å²) in [5.41, 5.74) is 2.48. The van der Waals surface area contributed by atoms with Crippen molar-refractivity contribution in [1.82, 2.24) is 4.90 Å². The molecule has 0 saturated carbocycles. The molecular weight excluding hydrogens is 222 g/mol. The summed E-state index contributed by atoms with van der Waals surface area (Å²) in [6.45, 7) is 15.6. The van der Waals surface area contributed by atoms with Crippen LogP contribution in [-0.2, 0) is 0 Å². The molecule has 0 aliphatic rings. The Morgan fingerprint density at radius 1 is 0.882 bits per heavy atom. The highest BCUT2D eigenvalue weighted by molar-refractivity contribution is 6.80. The van der Waals surface area contributed by atoms with Gasteiger partial charge in [0.05, 0.1) is 8.07 Å². The molecule has 0 bridgehead atoms. The van der Waals surface area contributed by atoms with Gasteiger partial charge in [0.2, 0.25) is 0 Å². The van der Waals surface area contributed by atoms with Crippen LogP contribution in [0, 0.1) is 0 Å². The molecule has 0 fully saturated rings. The fraction of sp³-hybridized carbons (Fsp3) is 0.867. The molecule has 0 rings (SSSR count). The van der Waals surface area contributed by atoms with E-state index >= 15 is 0 Å². The van der Waals surface area contributed by atoms with Gasteiger partial charge < -0.3 is 4.90 Å². The van der Waals surface area contributed by atoms with Gasteiger partial charge in [0.15, 0.2) is 0 Å². The van der Waals surface area contributed by atoms with Gasteiger partial charge in [-0.05, 0) is 32.4 Å². The van der Waals surface area contributed by atoms with E-state index < -0.39 is 8.07 Å². The lowest BCUT2D eigenvalue weighted by Crippen LogP contribution is -2.27. The fourth-order valence-electron chi connectivity index (χ4n) is 1.79. The summed E-state index contributed by atoms with van der Waals surface area (Å²) in [5.74, 6) is 0. The first-order valence-electron chi connectivity index (χ1n) is 7.39. The van der Waals surface area contributed by atoms with Crippen molar-refractivity contribution in [2.45, 2.75) is 65.6 Å². The van der Waals surface area contributed by atoms with Gasteiger partial charge in [0, 0.05) is 6.54 Å². The Morgan fingerprint density at radius 3 is 1.82 bits per heavy atom. The molecule has 0 saturated heterocycles. The van der Waals surface area contributed by atoms with E-state index in [9.17, 15) is 0 Å². The number of hydrogen-bond donors (Lipinski definition) is 0. The van der Waals surface area contributed by atoms with Crippen LogP contribution in [0.1, 0.15) is 46.0 Å². The zero-order valence-electron chi connectivity index (χ0n) is 12.8. The van der Waals surface area contributed by atoms with Gasteiger partial charge in [-0.25, -0.2) is 0 Å². The molecular formula is C15H33NSi. The lowest BCUT2D eigenvalue weighted by atomic mass is 10.2. The quantitative estimate of drug-likeness (QED) is 0.511. The lowest BCUT2D eigenvalue weighted by molar-refractivity contribution is 0.270. The normalized spacial score (nSPS) is 12.8. The number of rotatable bonds is 10. The zero-order chi connectivity index (χ0) is 13.1. The first-order chi connectivity index (χ1) is 7.99. The highest BCUT2D eigenvalue weighted by Crippen LogP contribution is 2.05. The largest absolute Gasteiger partial charge is 0.303 e. The van der Waals surface area contributed by atoms with Crippen molar-refractivity contribution >= 4 is 8.07 Å². The minimum atomic E-state index is -0.979. The van der Waals surface area contributed by atoms with Crippen molar-refractivity contribution in [3.8, 4) is 0 Å². The number of unbranched alkanes of at least 4 members (excludes halogenated alkanes) is 2. The molecule has 0 aromatic rings. The van der Waals surface area contributed by atoms with Crippen LogP contribution in [0.2, 0.25) is 19.6 Å². The van der Waals surface area contributed by atoms with Crippen molar-refractivity contribution in [3.05, 3.63) is 11.8 Å². The molecule has 0 aliphatic carbocycles. The average molecular weight is 256 g/mol. The molecule has 1 nitrogen and oxygen atoms in total. The van der Waals surface area contributed by atoms with Gasteiger partial charge in [-0.2, -0.15) is 0 Å². The summed E-state index contributed by atoms with van der Waals surface area (Å²) >= 11 is 0. The molecule has 0 aromatic carbocycles. The van der Waals surface area contributed by atoms with E-state index in [2.05, 4.69) is 50.2 Å². The maximum atomic E-state index is 2.64. The maximum Gasteiger partial charge on any atom is 0.0682 e. The molecule has 102 valence electrons. The SMILES string of the molecule is CCCCN(CC/C=C/[Si](C)(C)C)CCCC. The van der Waals surface area contributed by atoms with E-state index in [1.165, 1.54) is 51.7 Å². The van der Waals surface area contributed by atoms with Gasteiger partial charge in [-0.15, -0.1) is 0 Å². The summed E-state index contributed by atoms with van der Waals surface area (Å²) in [4.78, 5) is 2.64. The third-order valence-corrected chi connectivity index (χ3v) is 4.12. The second kappa shape index (κ2) is 9.90. The zero-order valence-corrected chi connectivity index (χ0v) is 13.8. The molecule has 0 radical (unpaired) electrons. The van der Waals surface area contributed by atoms with Crippen molar-refractivity contribution in [2.75, 3.05) is 19.6 Å². The van der Waals surface area contributed by atoms with Crippen LogP contribution in [-0.4, -0.2) is 32.6 Å². The van der Waals surface area contributed by atoms with E-state index in [0.717, 1.165) is 0 Å². The third kappa shape index (κ3) is 12.2. The van der Waals surface area contributed by atoms with E-state index in [0.29, 0.717) is 0 Å². The van der Waals surface area contributed by atoms with Crippen molar-refractivity contribution in [3.63, 3.8) is 0 Å². The van der Waals surface area contributed by atoms with E-state index in [-0.39, 0.29) is 0 Å². The van der Waals surface area contributed by atoms with Crippen molar-refractivity contribution < 1.29 is 0 Å². The highest BCUT2D eigenvalue weighted by atomic mass is 28.3. The summed E-state index contributed by atoms with van der Waals surface area (Å²) < 4.78 is 0. The molecule has 0 aromatic heterocycles. The summed E-state index contributed by atoms with van der Waals surface area (Å²) in [5, 5.41) is 0. The van der Waals surface area contributed by atoms with Crippen LogP contribution in [0.15, 0.2) is 11.8 Å². The molecule has 17 heavy (non-hydrogen) atoms. The predicted octanol–water partition coefficient (Wildman–Crippen LogP) is 4.71. The van der Waals surface area contributed by atoms with Crippen LogP contribution < -0.4 is 0 Å². The molecule has 0 aliphatic heterocycles. The molecule has 0 heterocycles. The Bertz CT molecular complexity index is 186. The molecule has 0 N–H and O–H groups in total. The summed E-state index contributed by atoms with van der Waals surface area (Å²) in [6.07, 6.45) is 8.97. The van der Waals surface area contributed by atoms with Crippen LogP contribution in [0.25, 0.3) is 0 Å². The first-order valence-corrected chi connectivity index (χ1v) is 11.0. The monoisotopic (exact) mass is 255 g/mol. The van der Waals surface area contributed by atoms with E-state index in [1.54, 1.807) is 0 Å². The molecule has 0 atom stereocenters. The Labute approximate surface area is 110 Å². The van der Waals surface area contributed by atoms with Crippen LogP contribution in [0.4, 0.5) is 0 Å². The van der Waals surface area contributed by atoms with Crippen LogP contribution in [0.3, 0.4) is 0 Å². The number of nitrogens with zero attached hydrogens (tertiary/aromatic N) is 1. The Balaban J connectivity index is 3.85. The standard InChI is InChI=1S/C15H33NSi/c1-6-8-12-16(13-9-7-2)14-10-11-15-17(3,4)5/h11,15H,6-10,12-14H2,1-5H3/b15-11+. The molecule has 0 amide bonds.